The predicted molar refractivity (Wildman–Crippen MR) is 68.9 cm³/mol. The zero-order valence-corrected chi connectivity index (χ0v) is 11.0. The number of anilines is 1. The van der Waals surface area contributed by atoms with Gasteiger partial charge < -0.3 is 10.1 Å². The van der Waals surface area contributed by atoms with Crippen molar-refractivity contribution in [1.82, 2.24) is 14.8 Å². The van der Waals surface area contributed by atoms with Crippen LogP contribution in [-0.4, -0.2) is 34.4 Å². The lowest BCUT2D eigenvalue weighted by Gasteiger charge is -2.02. The number of hydrogen-bond donors (Lipinski definition) is 1. The van der Waals surface area contributed by atoms with Crippen molar-refractivity contribution in [2.75, 3.05) is 19.0 Å². The first kappa shape index (κ1) is 12.6. The molecule has 6 nitrogen and oxygen atoms in total. The van der Waals surface area contributed by atoms with E-state index in [1.807, 2.05) is 24.0 Å². The number of ether oxygens (including phenoxy) is 1. The Balaban J connectivity index is 1.83. The van der Waals surface area contributed by atoms with Crippen LogP contribution >= 0.6 is 11.3 Å². The lowest BCUT2D eigenvalue weighted by atomic mass is 10.4. The zero-order chi connectivity index (χ0) is 13.0. The van der Waals surface area contributed by atoms with E-state index in [2.05, 4.69) is 20.1 Å². The number of rotatable bonds is 5. The zero-order valence-electron chi connectivity index (χ0n) is 10.2. The Bertz CT molecular complexity index is 535. The maximum atomic E-state index is 11.2. The lowest BCUT2D eigenvalue weighted by molar-refractivity contribution is 0.0606. The van der Waals surface area contributed by atoms with Gasteiger partial charge in [-0.25, -0.2) is 9.78 Å². The predicted octanol–water partition coefficient (Wildman–Crippen LogP) is 1.55. The summed E-state index contributed by atoms with van der Waals surface area (Å²) in [5, 5.41) is 8.03. The van der Waals surface area contributed by atoms with E-state index in [4.69, 9.17) is 0 Å². The first-order valence-electron chi connectivity index (χ1n) is 5.46. The number of aromatic nitrogens is 3. The molecule has 18 heavy (non-hydrogen) atoms. The highest BCUT2D eigenvalue weighted by Crippen LogP contribution is 2.18. The smallest absolute Gasteiger partial charge is 0.349 e. The minimum Gasteiger partial charge on any atom is -0.465 e. The van der Waals surface area contributed by atoms with E-state index in [1.165, 1.54) is 24.6 Å². The van der Waals surface area contributed by atoms with Gasteiger partial charge in [0.05, 0.1) is 26.0 Å². The van der Waals surface area contributed by atoms with Crippen LogP contribution < -0.4 is 5.32 Å². The fourth-order valence-electron chi connectivity index (χ4n) is 1.42. The van der Waals surface area contributed by atoms with Gasteiger partial charge in [0.15, 0.2) is 5.13 Å². The van der Waals surface area contributed by atoms with E-state index >= 15 is 0 Å². The minimum atomic E-state index is -0.358. The molecule has 0 atom stereocenters. The molecule has 0 unspecified atom stereocenters. The van der Waals surface area contributed by atoms with Crippen molar-refractivity contribution in [3.05, 3.63) is 29.0 Å². The molecule has 0 aliphatic carbocycles. The van der Waals surface area contributed by atoms with Crippen LogP contribution in [0.4, 0.5) is 5.13 Å². The summed E-state index contributed by atoms with van der Waals surface area (Å²) >= 11 is 1.28. The Hall–Kier alpha value is -1.89. The molecule has 0 saturated carbocycles. The third kappa shape index (κ3) is 3.07. The maximum absolute atomic E-state index is 11.2. The third-order valence-electron chi connectivity index (χ3n) is 2.27. The molecule has 2 heterocycles. The minimum absolute atomic E-state index is 0.358. The number of esters is 1. The van der Waals surface area contributed by atoms with E-state index < -0.39 is 0 Å². The third-order valence-corrected chi connectivity index (χ3v) is 3.21. The normalized spacial score (nSPS) is 10.3. The lowest BCUT2D eigenvalue weighted by Crippen LogP contribution is -2.10. The number of carbonyl (C=O) groups is 1. The summed E-state index contributed by atoms with van der Waals surface area (Å²) in [6, 6.07) is 0. The van der Waals surface area contributed by atoms with Gasteiger partial charge in [0.25, 0.3) is 0 Å². The monoisotopic (exact) mass is 266 g/mol. The molecule has 0 aliphatic rings. The van der Waals surface area contributed by atoms with Crippen molar-refractivity contribution >= 4 is 22.4 Å². The molecular weight excluding hydrogens is 252 g/mol. The number of thiazole rings is 1. The van der Waals surface area contributed by atoms with Gasteiger partial charge in [0.1, 0.15) is 4.88 Å². The summed E-state index contributed by atoms with van der Waals surface area (Å²) in [6.45, 7) is 3.45. The second-order valence-corrected chi connectivity index (χ2v) is 4.76. The van der Waals surface area contributed by atoms with Crippen molar-refractivity contribution in [2.45, 2.75) is 13.5 Å². The fraction of sp³-hybridized carbons (Fsp3) is 0.364. The first-order chi connectivity index (χ1) is 8.69. The molecule has 0 aromatic carbocycles. The molecular formula is C11H14N4O2S. The summed E-state index contributed by atoms with van der Waals surface area (Å²) in [6.07, 6.45) is 5.30. The molecule has 2 aromatic heterocycles. The standard InChI is InChI=1S/C11H14N4O2S/c1-8-5-14-15(7-8)4-3-12-11-13-6-9(18-11)10(16)17-2/h5-7H,3-4H2,1-2H3,(H,12,13). The summed E-state index contributed by atoms with van der Waals surface area (Å²) in [5.74, 6) is -0.358. The molecule has 1 N–H and O–H groups in total. The molecule has 2 rings (SSSR count). The number of carbonyl (C=O) groups excluding carboxylic acids is 1. The van der Waals surface area contributed by atoms with Gasteiger partial charge in [-0.1, -0.05) is 11.3 Å². The van der Waals surface area contributed by atoms with Crippen LogP contribution in [-0.2, 0) is 11.3 Å². The fourth-order valence-corrected chi connectivity index (χ4v) is 2.18. The Morgan fingerprint density at radius 1 is 1.56 bits per heavy atom. The Kier molecular flexibility index (Phi) is 3.93. The van der Waals surface area contributed by atoms with E-state index in [-0.39, 0.29) is 5.97 Å². The summed E-state index contributed by atoms with van der Waals surface area (Å²) in [4.78, 5) is 15.8. The maximum Gasteiger partial charge on any atom is 0.349 e. The van der Waals surface area contributed by atoms with Crippen molar-refractivity contribution in [3.63, 3.8) is 0 Å². The van der Waals surface area contributed by atoms with E-state index in [0.29, 0.717) is 16.6 Å². The number of hydrogen-bond acceptors (Lipinski definition) is 6. The van der Waals surface area contributed by atoms with Crippen molar-refractivity contribution in [2.24, 2.45) is 0 Å². The average Bonchev–Trinajstić information content (AvgIpc) is 2.98. The van der Waals surface area contributed by atoms with Gasteiger partial charge in [-0.3, -0.25) is 4.68 Å². The molecule has 0 radical (unpaired) electrons. The number of aryl methyl sites for hydroxylation is 1. The van der Waals surface area contributed by atoms with Gasteiger partial charge in [-0.05, 0) is 12.5 Å². The van der Waals surface area contributed by atoms with Crippen LogP contribution in [0.25, 0.3) is 0 Å². The summed E-state index contributed by atoms with van der Waals surface area (Å²) in [7, 11) is 1.36. The molecule has 7 heteroatoms. The highest BCUT2D eigenvalue weighted by Gasteiger charge is 2.09. The van der Waals surface area contributed by atoms with Gasteiger partial charge in [-0.15, -0.1) is 0 Å². The Labute approximate surface area is 109 Å². The van der Waals surface area contributed by atoms with E-state index in [9.17, 15) is 4.79 Å². The van der Waals surface area contributed by atoms with Gasteiger partial charge in [0, 0.05) is 12.7 Å². The van der Waals surface area contributed by atoms with Crippen molar-refractivity contribution < 1.29 is 9.53 Å². The van der Waals surface area contributed by atoms with Gasteiger partial charge >= 0.3 is 5.97 Å². The topological polar surface area (TPSA) is 69.0 Å². The second-order valence-electron chi connectivity index (χ2n) is 3.73. The first-order valence-corrected chi connectivity index (χ1v) is 6.28. The highest BCUT2D eigenvalue weighted by atomic mass is 32.1. The Morgan fingerprint density at radius 3 is 3.06 bits per heavy atom. The molecule has 0 fully saturated rings. The quantitative estimate of drug-likeness (QED) is 0.831. The van der Waals surface area contributed by atoms with Crippen molar-refractivity contribution in [3.8, 4) is 0 Å². The van der Waals surface area contributed by atoms with Crippen LogP contribution in [0.2, 0.25) is 0 Å². The number of methoxy groups -OCH3 is 1. The largest absolute Gasteiger partial charge is 0.465 e. The van der Waals surface area contributed by atoms with E-state index in [1.54, 1.807) is 0 Å². The van der Waals surface area contributed by atoms with Crippen LogP contribution in [0, 0.1) is 6.92 Å². The molecule has 0 aliphatic heterocycles. The number of nitrogens with zero attached hydrogens (tertiary/aromatic N) is 3. The number of nitrogens with one attached hydrogen (secondary N) is 1. The molecule has 0 bridgehead atoms. The Morgan fingerprint density at radius 2 is 2.39 bits per heavy atom. The second kappa shape index (κ2) is 5.63. The van der Waals surface area contributed by atoms with Crippen LogP contribution in [0.5, 0.6) is 0 Å². The molecule has 0 amide bonds. The summed E-state index contributed by atoms with van der Waals surface area (Å²) in [5.41, 5.74) is 1.14. The SMILES string of the molecule is COC(=O)c1cnc(NCCn2cc(C)cn2)s1. The molecule has 96 valence electrons. The van der Waals surface area contributed by atoms with Crippen LogP contribution in [0.3, 0.4) is 0 Å². The molecule has 0 saturated heterocycles. The van der Waals surface area contributed by atoms with Crippen LogP contribution in [0.1, 0.15) is 15.2 Å². The van der Waals surface area contributed by atoms with Gasteiger partial charge in [0.2, 0.25) is 0 Å². The van der Waals surface area contributed by atoms with Gasteiger partial charge in [-0.2, -0.15) is 5.10 Å². The van der Waals surface area contributed by atoms with Crippen molar-refractivity contribution in [1.29, 1.82) is 0 Å². The van der Waals surface area contributed by atoms with Crippen LogP contribution in [0.15, 0.2) is 18.6 Å². The summed E-state index contributed by atoms with van der Waals surface area (Å²) < 4.78 is 6.47. The van der Waals surface area contributed by atoms with E-state index in [0.717, 1.165) is 12.1 Å². The molecule has 2 aromatic rings. The average molecular weight is 266 g/mol. The highest BCUT2D eigenvalue weighted by molar-refractivity contribution is 7.17. The molecule has 0 spiro atoms.